The summed E-state index contributed by atoms with van der Waals surface area (Å²) in [5.41, 5.74) is 3.14. The third-order valence-electron chi connectivity index (χ3n) is 5.28. The highest BCUT2D eigenvalue weighted by Crippen LogP contribution is 2.20. The number of carbonyl (C=O) groups is 1. The van der Waals surface area contributed by atoms with Crippen molar-refractivity contribution in [1.82, 2.24) is 15.3 Å². The molecule has 1 N–H and O–H groups in total. The van der Waals surface area contributed by atoms with Gasteiger partial charge in [0, 0.05) is 37.3 Å². The number of aromatic nitrogens is 2. The maximum atomic E-state index is 12.5. The molecule has 1 fully saturated rings. The summed E-state index contributed by atoms with van der Waals surface area (Å²) in [5, 5.41) is 3.17. The fourth-order valence-electron chi connectivity index (χ4n) is 3.76. The quantitative estimate of drug-likeness (QED) is 0.851. The van der Waals surface area contributed by atoms with Gasteiger partial charge in [0.05, 0.1) is 32.4 Å². The molecule has 148 valence electrons. The lowest BCUT2D eigenvalue weighted by Gasteiger charge is -2.33. The van der Waals surface area contributed by atoms with Gasteiger partial charge in [-0.25, -0.2) is 9.97 Å². The summed E-state index contributed by atoms with van der Waals surface area (Å²) < 4.78 is 10.6. The average molecular weight is 382 g/mol. The number of amides is 1. The molecule has 7 heteroatoms. The third-order valence-corrected chi connectivity index (χ3v) is 5.28. The lowest BCUT2D eigenvalue weighted by molar-refractivity contribution is -0.121. The molecular formula is C21H26N4O3. The number of hydrogen-bond donors (Lipinski definition) is 1. The third kappa shape index (κ3) is 4.42. The SMILES string of the molecule is COc1ccc(CC(=O)N[C@@H]2CCCN(c3ncc4c(n3)CCOC4)C2)cc1. The second-order valence-electron chi connectivity index (χ2n) is 7.32. The predicted molar refractivity (Wildman–Crippen MR) is 105 cm³/mol. The Balaban J connectivity index is 1.35. The molecule has 4 rings (SSSR count). The number of ether oxygens (including phenoxy) is 2. The molecule has 1 aromatic heterocycles. The number of nitrogens with one attached hydrogen (secondary N) is 1. The van der Waals surface area contributed by atoms with E-state index in [1.165, 1.54) is 0 Å². The van der Waals surface area contributed by atoms with E-state index in [2.05, 4.69) is 15.2 Å². The molecule has 28 heavy (non-hydrogen) atoms. The number of methoxy groups -OCH3 is 1. The zero-order valence-electron chi connectivity index (χ0n) is 16.2. The molecule has 0 aliphatic carbocycles. The topological polar surface area (TPSA) is 76.6 Å². The summed E-state index contributed by atoms with van der Waals surface area (Å²) in [6, 6.07) is 7.72. The first-order chi connectivity index (χ1) is 13.7. The molecular weight excluding hydrogens is 356 g/mol. The Morgan fingerprint density at radius 3 is 3.04 bits per heavy atom. The van der Waals surface area contributed by atoms with Crippen molar-refractivity contribution in [3.8, 4) is 5.75 Å². The van der Waals surface area contributed by atoms with Crippen molar-refractivity contribution < 1.29 is 14.3 Å². The Morgan fingerprint density at radius 2 is 2.21 bits per heavy atom. The molecule has 0 radical (unpaired) electrons. The van der Waals surface area contributed by atoms with Gasteiger partial charge in [-0.3, -0.25) is 4.79 Å². The van der Waals surface area contributed by atoms with E-state index in [1.54, 1.807) is 7.11 Å². The minimum absolute atomic E-state index is 0.0422. The molecule has 0 bridgehead atoms. The Bertz CT molecular complexity index is 825. The molecule has 2 aliphatic rings. The van der Waals surface area contributed by atoms with E-state index in [0.717, 1.165) is 60.9 Å². The Kier molecular flexibility index (Phi) is 5.71. The van der Waals surface area contributed by atoms with Crippen LogP contribution in [-0.2, 0) is 29.0 Å². The summed E-state index contributed by atoms with van der Waals surface area (Å²) in [5.74, 6) is 1.60. The van der Waals surface area contributed by atoms with Gasteiger partial charge in [0.25, 0.3) is 0 Å². The fourth-order valence-corrected chi connectivity index (χ4v) is 3.76. The van der Waals surface area contributed by atoms with Crippen molar-refractivity contribution >= 4 is 11.9 Å². The molecule has 0 spiro atoms. The number of carbonyl (C=O) groups excluding carboxylic acids is 1. The van der Waals surface area contributed by atoms with Gasteiger partial charge in [0.15, 0.2) is 0 Å². The van der Waals surface area contributed by atoms with Crippen LogP contribution in [0.3, 0.4) is 0 Å². The van der Waals surface area contributed by atoms with Crippen LogP contribution in [0.2, 0.25) is 0 Å². The minimum Gasteiger partial charge on any atom is -0.497 e. The number of fused-ring (bicyclic) bond motifs is 1. The number of rotatable bonds is 5. The number of anilines is 1. The van der Waals surface area contributed by atoms with E-state index in [-0.39, 0.29) is 11.9 Å². The largest absolute Gasteiger partial charge is 0.497 e. The number of hydrogen-bond acceptors (Lipinski definition) is 6. The van der Waals surface area contributed by atoms with E-state index in [4.69, 9.17) is 14.5 Å². The minimum atomic E-state index is 0.0422. The number of nitrogens with zero attached hydrogens (tertiary/aromatic N) is 3. The molecule has 3 heterocycles. The molecule has 0 unspecified atom stereocenters. The standard InChI is InChI=1S/C21H26N4O3/c1-27-18-6-4-15(5-7-18)11-20(26)23-17-3-2-9-25(13-17)21-22-12-16-14-28-10-8-19(16)24-21/h4-7,12,17H,2-3,8-11,13-14H2,1H3,(H,23,26)/t17-/m1/s1. The van der Waals surface area contributed by atoms with Crippen LogP contribution in [0.25, 0.3) is 0 Å². The van der Waals surface area contributed by atoms with Crippen LogP contribution in [-0.4, -0.2) is 48.7 Å². The summed E-state index contributed by atoms with van der Waals surface area (Å²) in [6.45, 7) is 2.97. The lowest BCUT2D eigenvalue weighted by Crippen LogP contribution is -2.48. The van der Waals surface area contributed by atoms with Gasteiger partial charge in [-0.2, -0.15) is 0 Å². The van der Waals surface area contributed by atoms with Crippen molar-refractivity contribution in [2.24, 2.45) is 0 Å². The van der Waals surface area contributed by atoms with Crippen LogP contribution in [0.5, 0.6) is 5.75 Å². The highest BCUT2D eigenvalue weighted by Gasteiger charge is 2.24. The van der Waals surface area contributed by atoms with Crippen molar-refractivity contribution in [2.75, 3.05) is 31.7 Å². The van der Waals surface area contributed by atoms with Crippen molar-refractivity contribution in [2.45, 2.75) is 38.3 Å². The molecule has 1 amide bonds. The Morgan fingerprint density at radius 1 is 1.36 bits per heavy atom. The normalized spacial score (nSPS) is 19.0. The summed E-state index contributed by atoms with van der Waals surface area (Å²) >= 11 is 0. The Hall–Kier alpha value is -2.67. The number of piperidine rings is 1. The van der Waals surface area contributed by atoms with Crippen LogP contribution in [0.15, 0.2) is 30.5 Å². The van der Waals surface area contributed by atoms with E-state index in [0.29, 0.717) is 19.6 Å². The molecule has 7 nitrogen and oxygen atoms in total. The lowest BCUT2D eigenvalue weighted by atomic mass is 10.0. The van der Waals surface area contributed by atoms with Crippen LogP contribution < -0.4 is 15.0 Å². The maximum Gasteiger partial charge on any atom is 0.225 e. The fraction of sp³-hybridized carbons (Fsp3) is 0.476. The summed E-state index contributed by atoms with van der Waals surface area (Å²) in [6.07, 6.45) is 5.07. The first kappa shape index (κ1) is 18.7. The zero-order chi connectivity index (χ0) is 19.3. The van der Waals surface area contributed by atoms with Crippen LogP contribution in [0.4, 0.5) is 5.95 Å². The first-order valence-electron chi connectivity index (χ1n) is 9.81. The van der Waals surface area contributed by atoms with E-state index in [1.807, 2.05) is 30.5 Å². The first-order valence-corrected chi connectivity index (χ1v) is 9.81. The Labute approximate surface area is 165 Å². The van der Waals surface area contributed by atoms with E-state index < -0.39 is 0 Å². The van der Waals surface area contributed by atoms with Gasteiger partial charge in [0.2, 0.25) is 11.9 Å². The van der Waals surface area contributed by atoms with Gasteiger partial charge in [-0.15, -0.1) is 0 Å². The molecule has 0 saturated carbocycles. The van der Waals surface area contributed by atoms with Gasteiger partial charge < -0.3 is 19.7 Å². The second kappa shape index (κ2) is 8.56. The van der Waals surface area contributed by atoms with Crippen molar-refractivity contribution in [1.29, 1.82) is 0 Å². The van der Waals surface area contributed by atoms with Crippen LogP contribution in [0.1, 0.15) is 29.7 Å². The smallest absolute Gasteiger partial charge is 0.225 e. The summed E-state index contributed by atoms with van der Waals surface area (Å²) in [7, 11) is 1.64. The average Bonchev–Trinajstić information content (AvgIpc) is 2.74. The van der Waals surface area contributed by atoms with E-state index >= 15 is 0 Å². The van der Waals surface area contributed by atoms with Crippen molar-refractivity contribution in [3.05, 3.63) is 47.3 Å². The molecule has 2 aromatic rings. The van der Waals surface area contributed by atoms with Gasteiger partial charge >= 0.3 is 0 Å². The molecule has 1 aromatic carbocycles. The van der Waals surface area contributed by atoms with Crippen molar-refractivity contribution in [3.63, 3.8) is 0 Å². The molecule has 2 aliphatic heterocycles. The van der Waals surface area contributed by atoms with Gasteiger partial charge in [-0.05, 0) is 30.5 Å². The number of benzene rings is 1. The predicted octanol–water partition coefficient (Wildman–Crippen LogP) is 1.89. The van der Waals surface area contributed by atoms with Gasteiger partial charge in [-0.1, -0.05) is 12.1 Å². The van der Waals surface area contributed by atoms with E-state index in [9.17, 15) is 4.79 Å². The van der Waals surface area contributed by atoms with Crippen LogP contribution >= 0.6 is 0 Å². The second-order valence-corrected chi connectivity index (χ2v) is 7.32. The molecule has 1 atom stereocenters. The summed E-state index contributed by atoms with van der Waals surface area (Å²) in [4.78, 5) is 23.9. The maximum absolute atomic E-state index is 12.5. The zero-order valence-corrected chi connectivity index (χ0v) is 16.2. The highest BCUT2D eigenvalue weighted by atomic mass is 16.5. The monoisotopic (exact) mass is 382 g/mol. The highest BCUT2D eigenvalue weighted by molar-refractivity contribution is 5.79. The van der Waals surface area contributed by atoms with Crippen LogP contribution in [0, 0.1) is 0 Å². The molecule has 1 saturated heterocycles. The van der Waals surface area contributed by atoms with Gasteiger partial charge in [0.1, 0.15) is 5.75 Å².